The molecule has 2 amide bonds. The minimum atomic E-state index is -4.40. The Kier molecular flexibility index (Phi) is 6.43. The molecule has 0 aliphatic heterocycles. The summed E-state index contributed by atoms with van der Waals surface area (Å²) in [6.45, 7) is 0.391. The first-order chi connectivity index (χ1) is 12.2. The van der Waals surface area contributed by atoms with Crippen LogP contribution in [-0.4, -0.2) is 18.8 Å². The zero-order chi connectivity index (χ0) is 19.2. The molecule has 0 heterocycles. The fourth-order valence-electron chi connectivity index (χ4n) is 2.17. The molecule has 0 saturated carbocycles. The number of amides is 2. The van der Waals surface area contributed by atoms with E-state index in [-0.39, 0.29) is 12.3 Å². The molecule has 4 nitrogen and oxygen atoms in total. The first kappa shape index (κ1) is 19.6. The molecule has 0 aliphatic rings. The van der Waals surface area contributed by atoms with Gasteiger partial charge in [-0.1, -0.05) is 30.3 Å². The van der Waals surface area contributed by atoms with Crippen LogP contribution in [0, 0.1) is 5.82 Å². The molecule has 2 rings (SSSR count). The van der Waals surface area contributed by atoms with Crippen LogP contribution < -0.4 is 15.4 Å². The number of nitrogens with one attached hydrogen (secondary N) is 2. The van der Waals surface area contributed by atoms with Crippen molar-refractivity contribution in [3.8, 4) is 5.75 Å². The van der Waals surface area contributed by atoms with Crippen LogP contribution in [-0.2, 0) is 6.54 Å². The molecule has 0 fully saturated rings. The number of urea groups is 1. The van der Waals surface area contributed by atoms with E-state index in [0.29, 0.717) is 11.1 Å². The molecule has 0 aromatic heterocycles. The monoisotopic (exact) mass is 370 g/mol. The predicted octanol–water partition coefficient (Wildman–Crippen LogP) is 4.33. The van der Waals surface area contributed by atoms with Crippen molar-refractivity contribution in [2.45, 2.75) is 25.7 Å². The van der Waals surface area contributed by atoms with Crippen LogP contribution >= 0.6 is 0 Å². The summed E-state index contributed by atoms with van der Waals surface area (Å²) in [4.78, 5) is 11.9. The number of halogens is 4. The van der Waals surface area contributed by atoms with Gasteiger partial charge in [-0.2, -0.15) is 13.2 Å². The zero-order valence-corrected chi connectivity index (χ0v) is 13.9. The molecule has 1 atom stereocenters. The molecular formula is C18H18F4N2O2. The minimum Gasteiger partial charge on any atom is -0.484 e. The van der Waals surface area contributed by atoms with Crippen LogP contribution in [0.15, 0.2) is 48.5 Å². The number of carbonyl (C=O) groups is 1. The molecular weight excluding hydrogens is 352 g/mol. The van der Waals surface area contributed by atoms with Crippen molar-refractivity contribution >= 4 is 6.03 Å². The Bertz CT molecular complexity index is 733. The standard InChI is InChI=1S/C18H18F4N2O2/c1-12(13-6-8-15(9-7-13)26-11-18(20,21)22)24-17(25)23-10-14-4-2-3-5-16(14)19/h2-9,12H,10-11H2,1H3,(H2,23,24,25). The van der Waals surface area contributed by atoms with E-state index in [1.807, 2.05) is 0 Å². The van der Waals surface area contributed by atoms with Gasteiger partial charge in [-0.25, -0.2) is 9.18 Å². The van der Waals surface area contributed by atoms with Crippen LogP contribution in [0.4, 0.5) is 22.4 Å². The third-order valence-corrected chi connectivity index (χ3v) is 3.53. The van der Waals surface area contributed by atoms with Crippen molar-refractivity contribution in [1.82, 2.24) is 10.6 Å². The smallest absolute Gasteiger partial charge is 0.422 e. The Morgan fingerprint density at radius 2 is 1.77 bits per heavy atom. The van der Waals surface area contributed by atoms with E-state index in [9.17, 15) is 22.4 Å². The van der Waals surface area contributed by atoms with E-state index in [4.69, 9.17) is 0 Å². The van der Waals surface area contributed by atoms with E-state index in [1.165, 1.54) is 18.2 Å². The first-order valence-electron chi connectivity index (χ1n) is 7.82. The maximum Gasteiger partial charge on any atom is 0.422 e. The minimum absolute atomic E-state index is 0.0371. The Labute approximate surface area is 148 Å². The topological polar surface area (TPSA) is 50.4 Å². The van der Waals surface area contributed by atoms with Gasteiger partial charge in [0, 0.05) is 12.1 Å². The second-order valence-corrected chi connectivity index (χ2v) is 5.61. The van der Waals surface area contributed by atoms with Gasteiger partial charge in [-0.3, -0.25) is 0 Å². The summed E-state index contributed by atoms with van der Waals surface area (Å²) in [5, 5.41) is 5.22. The second-order valence-electron chi connectivity index (χ2n) is 5.61. The first-order valence-corrected chi connectivity index (χ1v) is 7.82. The quantitative estimate of drug-likeness (QED) is 0.744. The summed E-state index contributed by atoms with van der Waals surface area (Å²) >= 11 is 0. The van der Waals surface area contributed by atoms with E-state index >= 15 is 0 Å². The summed E-state index contributed by atoms with van der Waals surface area (Å²) in [5.74, 6) is -0.322. The Morgan fingerprint density at radius 1 is 1.12 bits per heavy atom. The molecule has 0 radical (unpaired) electrons. The van der Waals surface area contributed by atoms with Gasteiger partial charge in [0.25, 0.3) is 0 Å². The molecule has 2 aromatic rings. The molecule has 0 spiro atoms. The van der Waals surface area contributed by atoms with E-state index < -0.39 is 30.7 Å². The van der Waals surface area contributed by atoms with Gasteiger partial charge in [0.1, 0.15) is 11.6 Å². The molecule has 0 aliphatic carbocycles. The van der Waals surface area contributed by atoms with Gasteiger partial charge in [0.15, 0.2) is 6.61 Å². The lowest BCUT2D eigenvalue weighted by atomic mass is 10.1. The highest BCUT2D eigenvalue weighted by Gasteiger charge is 2.28. The van der Waals surface area contributed by atoms with Crippen LogP contribution in [0.1, 0.15) is 24.1 Å². The van der Waals surface area contributed by atoms with Crippen molar-refractivity contribution in [2.24, 2.45) is 0 Å². The highest BCUT2D eigenvalue weighted by molar-refractivity contribution is 5.74. The second kappa shape index (κ2) is 8.55. The maximum atomic E-state index is 13.5. The van der Waals surface area contributed by atoms with E-state index in [2.05, 4.69) is 15.4 Å². The largest absolute Gasteiger partial charge is 0.484 e. The summed E-state index contributed by atoms with van der Waals surface area (Å²) < 4.78 is 54.4. The summed E-state index contributed by atoms with van der Waals surface area (Å²) in [6, 6.07) is 11.1. The molecule has 26 heavy (non-hydrogen) atoms. The third-order valence-electron chi connectivity index (χ3n) is 3.53. The molecule has 8 heteroatoms. The van der Waals surface area contributed by atoms with Crippen molar-refractivity contribution in [3.05, 3.63) is 65.5 Å². The van der Waals surface area contributed by atoms with Crippen LogP contribution in [0.3, 0.4) is 0 Å². The Hall–Kier alpha value is -2.77. The third kappa shape index (κ3) is 6.27. The number of benzene rings is 2. The summed E-state index contributed by atoms with van der Waals surface area (Å²) in [7, 11) is 0. The molecule has 2 aromatic carbocycles. The van der Waals surface area contributed by atoms with Crippen molar-refractivity contribution < 1.29 is 27.1 Å². The fourth-order valence-corrected chi connectivity index (χ4v) is 2.17. The van der Waals surface area contributed by atoms with Gasteiger partial charge in [-0.15, -0.1) is 0 Å². The SMILES string of the molecule is CC(NC(=O)NCc1ccccc1F)c1ccc(OCC(F)(F)F)cc1. The van der Waals surface area contributed by atoms with Gasteiger partial charge in [0.05, 0.1) is 6.04 Å². The lowest BCUT2D eigenvalue weighted by molar-refractivity contribution is -0.153. The van der Waals surface area contributed by atoms with Crippen molar-refractivity contribution in [1.29, 1.82) is 0 Å². The molecule has 1 unspecified atom stereocenters. The molecule has 0 saturated heterocycles. The van der Waals surface area contributed by atoms with Gasteiger partial charge >= 0.3 is 12.2 Å². The van der Waals surface area contributed by atoms with Crippen LogP contribution in [0.2, 0.25) is 0 Å². The Morgan fingerprint density at radius 3 is 2.38 bits per heavy atom. The van der Waals surface area contributed by atoms with Gasteiger partial charge in [0.2, 0.25) is 0 Å². The lowest BCUT2D eigenvalue weighted by Crippen LogP contribution is -2.36. The molecule has 0 bridgehead atoms. The average molecular weight is 370 g/mol. The summed E-state index contributed by atoms with van der Waals surface area (Å²) in [5.41, 5.74) is 1.05. The van der Waals surface area contributed by atoms with Gasteiger partial charge < -0.3 is 15.4 Å². The molecule has 140 valence electrons. The molecule has 2 N–H and O–H groups in total. The fraction of sp³-hybridized carbons (Fsp3) is 0.278. The highest BCUT2D eigenvalue weighted by Crippen LogP contribution is 2.21. The Balaban J connectivity index is 1.83. The van der Waals surface area contributed by atoms with Crippen LogP contribution in [0.25, 0.3) is 0 Å². The zero-order valence-electron chi connectivity index (χ0n) is 13.9. The van der Waals surface area contributed by atoms with E-state index in [0.717, 1.165) is 0 Å². The van der Waals surface area contributed by atoms with Gasteiger partial charge in [-0.05, 0) is 30.7 Å². The number of hydrogen-bond acceptors (Lipinski definition) is 2. The number of hydrogen-bond donors (Lipinski definition) is 2. The maximum absolute atomic E-state index is 13.5. The number of alkyl halides is 3. The number of ether oxygens (including phenoxy) is 1. The average Bonchev–Trinajstić information content (AvgIpc) is 2.59. The van der Waals surface area contributed by atoms with E-state index in [1.54, 1.807) is 37.3 Å². The van der Waals surface area contributed by atoms with Crippen molar-refractivity contribution in [2.75, 3.05) is 6.61 Å². The predicted molar refractivity (Wildman–Crippen MR) is 88.2 cm³/mol. The van der Waals surface area contributed by atoms with Crippen molar-refractivity contribution in [3.63, 3.8) is 0 Å². The highest BCUT2D eigenvalue weighted by atomic mass is 19.4. The lowest BCUT2D eigenvalue weighted by Gasteiger charge is -2.16. The number of carbonyl (C=O) groups excluding carboxylic acids is 1. The van der Waals surface area contributed by atoms with Crippen LogP contribution in [0.5, 0.6) is 5.75 Å². The normalized spacial score (nSPS) is 12.3. The summed E-state index contributed by atoms with van der Waals surface area (Å²) in [6.07, 6.45) is -4.40. The number of rotatable bonds is 6.